The van der Waals surface area contributed by atoms with E-state index in [1.165, 1.54) is 18.2 Å². The number of benzene rings is 2. The number of rotatable bonds is 7. The monoisotopic (exact) mass is 353 g/mol. The van der Waals surface area contributed by atoms with E-state index < -0.39 is 5.97 Å². The van der Waals surface area contributed by atoms with E-state index in [1.807, 2.05) is 30.3 Å². The van der Waals surface area contributed by atoms with E-state index in [4.69, 9.17) is 0 Å². The molecule has 0 radical (unpaired) electrons. The minimum absolute atomic E-state index is 0.0748. The third-order valence-electron chi connectivity index (χ3n) is 4.45. The molecule has 2 aromatic carbocycles. The summed E-state index contributed by atoms with van der Waals surface area (Å²) < 4.78 is 0. The predicted octanol–water partition coefficient (Wildman–Crippen LogP) is 4.64. The van der Waals surface area contributed by atoms with E-state index in [2.05, 4.69) is 38.7 Å². The molecule has 0 aliphatic carbocycles. The quantitative estimate of drug-likeness (QED) is 0.761. The molecule has 4 nitrogen and oxygen atoms in total. The number of phenolic OH excluding ortho intramolecular Hbond substituents is 1. The second kappa shape index (κ2) is 8.68. The van der Waals surface area contributed by atoms with Crippen molar-refractivity contribution in [2.75, 3.05) is 6.54 Å². The third-order valence-corrected chi connectivity index (χ3v) is 4.45. The van der Waals surface area contributed by atoms with Gasteiger partial charge in [-0.2, -0.15) is 0 Å². The van der Waals surface area contributed by atoms with Gasteiger partial charge in [-0.05, 0) is 57.0 Å². The highest BCUT2D eigenvalue weighted by Crippen LogP contribution is 2.31. The van der Waals surface area contributed by atoms with Crippen LogP contribution < -0.4 is 0 Å². The van der Waals surface area contributed by atoms with Crippen LogP contribution in [0.5, 0.6) is 5.75 Å². The van der Waals surface area contributed by atoms with E-state index in [1.54, 1.807) is 0 Å². The Morgan fingerprint density at radius 1 is 1.00 bits per heavy atom. The van der Waals surface area contributed by atoms with Crippen LogP contribution in [0, 0.1) is 0 Å². The summed E-state index contributed by atoms with van der Waals surface area (Å²) in [7, 11) is 0. The van der Waals surface area contributed by atoms with Crippen molar-refractivity contribution in [1.82, 2.24) is 4.90 Å². The van der Waals surface area contributed by atoms with Crippen molar-refractivity contribution in [1.29, 1.82) is 0 Å². The molecule has 0 saturated carbocycles. The molecule has 0 fully saturated rings. The maximum Gasteiger partial charge on any atom is 0.335 e. The highest BCUT2D eigenvalue weighted by molar-refractivity contribution is 5.91. The van der Waals surface area contributed by atoms with Gasteiger partial charge in [0.1, 0.15) is 5.75 Å². The number of aromatic hydroxyl groups is 1. The molecule has 0 unspecified atom stereocenters. The maximum absolute atomic E-state index is 11.4. The molecule has 0 aliphatic heterocycles. The molecule has 0 aromatic heterocycles. The van der Waals surface area contributed by atoms with Crippen molar-refractivity contribution >= 4 is 11.5 Å². The first kappa shape index (κ1) is 19.7. The molecule has 2 N–H and O–H groups in total. The molecule has 0 heterocycles. The Morgan fingerprint density at radius 3 is 2.15 bits per heavy atom. The van der Waals surface area contributed by atoms with Crippen LogP contribution in [-0.2, 0) is 0 Å². The summed E-state index contributed by atoms with van der Waals surface area (Å²) in [4.78, 5) is 13.7. The number of phenols is 1. The van der Waals surface area contributed by atoms with Crippen molar-refractivity contribution in [3.05, 3.63) is 71.3 Å². The van der Waals surface area contributed by atoms with E-state index in [0.29, 0.717) is 24.2 Å². The van der Waals surface area contributed by atoms with Crippen molar-refractivity contribution in [2.45, 2.75) is 39.8 Å². The second-order valence-electron chi connectivity index (χ2n) is 6.91. The van der Waals surface area contributed by atoms with Gasteiger partial charge in [0.2, 0.25) is 0 Å². The highest BCUT2D eigenvalue weighted by atomic mass is 16.4. The van der Waals surface area contributed by atoms with Gasteiger partial charge in [-0.15, -0.1) is 0 Å². The zero-order valence-corrected chi connectivity index (χ0v) is 15.8. The molecule has 138 valence electrons. The molecular formula is C22H27NO3. The Hall–Kier alpha value is -2.59. The van der Waals surface area contributed by atoms with E-state index in [0.717, 1.165) is 11.1 Å². The van der Waals surface area contributed by atoms with E-state index in [9.17, 15) is 15.0 Å². The number of carboxylic acid groups (broad SMARTS) is 1. The van der Waals surface area contributed by atoms with Gasteiger partial charge < -0.3 is 10.2 Å². The lowest BCUT2D eigenvalue weighted by Crippen LogP contribution is -2.37. The van der Waals surface area contributed by atoms with Gasteiger partial charge in [0.15, 0.2) is 0 Å². The lowest BCUT2D eigenvalue weighted by atomic mass is 9.95. The zero-order chi connectivity index (χ0) is 19.3. The van der Waals surface area contributed by atoms with Gasteiger partial charge in [0, 0.05) is 24.2 Å². The molecule has 0 saturated heterocycles. The summed E-state index contributed by atoms with van der Waals surface area (Å²) in [5.74, 6) is -0.935. The minimum atomic E-state index is -1.01. The first-order valence-electron chi connectivity index (χ1n) is 8.89. The van der Waals surface area contributed by atoms with Crippen molar-refractivity contribution < 1.29 is 15.0 Å². The molecular weight excluding hydrogens is 326 g/mol. The summed E-state index contributed by atoms with van der Waals surface area (Å²) in [5.41, 5.74) is 2.46. The van der Waals surface area contributed by atoms with E-state index in [-0.39, 0.29) is 11.3 Å². The molecule has 0 spiro atoms. The number of nitrogens with zero attached hydrogens (tertiary/aromatic N) is 1. The Balaban J connectivity index is 2.54. The molecule has 26 heavy (non-hydrogen) atoms. The molecule has 2 aromatic rings. The summed E-state index contributed by atoms with van der Waals surface area (Å²) in [6.07, 6.45) is 2.07. The smallest absolute Gasteiger partial charge is 0.335 e. The number of aromatic carboxylic acids is 1. The molecule has 0 bridgehead atoms. The van der Waals surface area contributed by atoms with Crippen molar-refractivity contribution in [2.24, 2.45) is 0 Å². The standard InChI is InChI=1S/C22H27NO3/c1-15(2)23(16(3)4)13-12-19(17-8-6-5-7-9-17)20-14-18(22(25)26)10-11-21(20)24/h5-12,14-16,24H,13H2,1-4H3,(H,25,26)/b19-12+. The number of carboxylic acids is 1. The Morgan fingerprint density at radius 2 is 1.62 bits per heavy atom. The van der Waals surface area contributed by atoms with Crippen LogP contribution in [0.3, 0.4) is 0 Å². The SMILES string of the molecule is CC(C)N(C/C=C(\c1ccccc1)c1cc(C(=O)O)ccc1O)C(C)C. The number of hydrogen-bond donors (Lipinski definition) is 2. The highest BCUT2D eigenvalue weighted by Gasteiger charge is 2.16. The zero-order valence-electron chi connectivity index (χ0n) is 15.8. The molecule has 0 aliphatic rings. The second-order valence-corrected chi connectivity index (χ2v) is 6.91. The summed E-state index contributed by atoms with van der Waals surface area (Å²) in [6, 6.07) is 14.9. The van der Waals surface area contributed by atoms with Crippen molar-refractivity contribution in [3.63, 3.8) is 0 Å². The molecule has 2 rings (SSSR count). The molecule has 4 heteroatoms. The Bertz CT molecular complexity index is 771. The summed E-state index contributed by atoms with van der Waals surface area (Å²) >= 11 is 0. The topological polar surface area (TPSA) is 60.8 Å². The Labute approximate surface area is 155 Å². The maximum atomic E-state index is 11.4. The van der Waals surface area contributed by atoms with Gasteiger partial charge in [-0.1, -0.05) is 36.4 Å². The third kappa shape index (κ3) is 4.73. The van der Waals surface area contributed by atoms with Crippen LogP contribution in [0.15, 0.2) is 54.6 Å². The fraction of sp³-hybridized carbons (Fsp3) is 0.318. The predicted molar refractivity (Wildman–Crippen MR) is 106 cm³/mol. The minimum Gasteiger partial charge on any atom is -0.507 e. The average molecular weight is 353 g/mol. The first-order chi connectivity index (χ1) is 12.3. The number of hydrogen-bond acceptors (Lipinski definition) is 3. The lowest BCUT2D eigenvalue weighted by Gasteiger charge is -2.29. The van der Waals surface area contributed by atoms with E-state index >= 15 is 0 Å². The van der Waals surface area contributed by atoms with Crippen LogP contribution in [0.2, 0.25) is 0 Å². The summed E-state index contributed by atoms with van der Waals surface area (Å²) in [5, 5.41) is 19.7. The van der Waals surface area contributed by atoms with Gasteiger partial charge in [0.25, 0.3) is 0 Å². The molecule has 0 amide bonds. The fourth-order valence-corrected chi connectivity index (χ4v) is 3.10. The van der Waals surface area contributed by atoms with Crippen LogP contribution in [0.4, 0.5) is 0 Å². The average Bonchev–Trinajstić information content (AvgIpc) is 2.59. The van der Waals surface area contributed by atoms with Gasteiger partial charge in [-0.3, -0.25) is 4.90 Å². The van der Waals surface area contributed by atoms with Gasteiger partial charge >= 0.3 is 5.97 Å². The van der Waals surface area contributed by atoms with Crippen LogP contribution in [0.1, 0.15) is 49.2 Å². The molecule has 0 atom stereocenters. The summed E-state index contributed by atoms with van der Waals surface area (Å²) in [6.45, 7) is 9.31. The normalized spacial score (nSPS) is 12.2. The first-order valence-corrected chi connectivity index (χ1v) is 8.89. The van der Waals surface area contributed by atoms with Crippen LogP contribution in [0.25, 0.3) is 5.57 Å². The largest absolute Gasteiger partial charge is 0.507 e. The van der Waals surface area contributed by atoms with Crippen LogP contribution >= 0.6 is 0 Å². The number of carbonyl (C=O) groups is 1. The Kier molecular flexibility index (Phi) is 6.58. The lowest BCUT2D eigenvalue weighted by molar-refractivity contribution is 0.0697. The fourth-order valence-electron chi connectivity index (χ4n) is 3.10. The van der Waals surface area contributed by atoms with Crippen molar-refractivity contribution in [3.8, 4) is 5.75 Å². The van der Waals surface area contributed by atoms with Crippen LogP contribution in [-0.4, -0.2) is 39.7 Å². The van der Waals surface area contributed by atoms with Gasteiger partial charge in [0.05, 0.1) is 5.56 Å². The van der Waals surface area contributed by atoms with Gasteiger partial charge in [-0.25, -0.2) is 4.79 Å².